The summed E-state index contributed by atoms with van der Waals surface area (Å²) in [5.74, 6) is 0. The number of piperidine rings is 1. The van der Waals surface area contributed by atoms with Crippen LogP contribution >= 0.6 is 11.6 Å². The summed E-state index contributed by atoms with van der Waals surface area (Å²) < 4.78 is 0. The summed E-state index contributed by atoms with van der Waals surface area (Å²) in [4.78, 5) is 2.52. The first-order valence-electron chi connectivity index (χ1n) is 7.51. The van der Waals surface area contributed by atoms with Crippen LogP contribution in [-0.2, 0) is 6.54 Å². The molecule has 0 radical (unpaired) electrons. The van der Waals surface area contributed by atoms with Crippen molar-refractivity contribution in [1.29, 1.82) is 0 Å². The van der Waals surface area contributed by atoms with Crippen molar-refractivity contribution in [3.63, 3.8) is 0 Å². The number of hydrogen-bond donors (Lipinski definition) is 2. The van der Waals surface area contributed by atoms with Gasteiger partial charge in [0.05, 0.1) is 0 Å². The summed E-state index contributed by atoms with van der Waals surface area (Å²) in [6.45, 7) is 6.49. The first kappa shape index (κ1) is 15.8. The van der Waals surface area contributed by atoms with Crippen molar-refractivity contribution in [3.8, 4) is 0 Å². The minimum atomic E-state index is 0.265. The molecule has 0 aliphatic carbocycles. The average Bonchev–Trinajstić information content (AvgIpc) is 2.46. The Labute approximate surface area is 126 Å². The third-order valence-corrected chi connectivity index (χ3v) is 4.34. The molecule has 112 valence electrons. The van der Waals surface area contributed by atoms with Crippen molar-refractivity contribution in [1.82, 2.24) is 10.2 Å². The lowest BCUT2D eigenvalue weighted by Gasteiger charge is -2.35. The zero-order valence-corrected chi connectivity index (χ0v) is 13.0. The molecule has 0 unspecified atom stereocenters. The Morgan fingerprint density at radius 2 is 2.10 bits per heavy atom. The summed E-state index contributed by atoms with van der Waals surface area (Å²) in [5, 5.41) is 13.3. The second kappa shape index (κ2) is 7.99. The number of aryl methyl sites for hydroxylation is 1. The SMILES string of the molecule is Cc1cc(Cl)ccc1CN(CCCO)C1CCNCC1. The molecule has 3 nitrogen and oxygen atoms in total. The van der Waals surface area contributed by atoms with Crippen molar-refractivity contribution in [2.45, 2.75) is 38.8 Å². The largest absolute Gasteiger partial charge is 0.396 e. The van der Waals surface area contributed by atoms with Crippen molar-refractivity contribution in [2.24, 2.45) is 0 Å². The summed E-state index contributed by atoms with van der Waals surface area (Å²) >= 11 is 6.03. The van der Waals surface area contributed by atoms with Gasteiger partial charge in [0.2, 0.25) is 0 Å². The van der Waals surface area contributed by atoms with Crippen LogP contribution in [0.4, 0.5) is 0 Å². The molecule has 1 aliphatic heterocycles. The molecule has 4 heteroatoms. The van der Waals surface area contributed by atoms with Crippen LogP contribution < -0.4 is 5.32 Å². The number of halogens is 1. The maximum atomic E-state index is 9.11. The van der Waals surface area contributed by atoms with Gasteiger partial charge in [-0.15, -0.1) is 0 Å². The molecule has 1 heterocycles. The van der Waals surface area contributed by atoms with Gasteiger partial charge in [0.1, 0.15) is 0 Å². The zero-order valence-electron chi connectivity index (χ0n) is 12.2. The third-order valence-electron chi connectivity index (χ3n) is 4.11. The van der Waals surface area contributed by atoms with Crippen molar-refractivity contribution < 1.29 is 5.11 Å². The Bertz CT molecular complexity index is 419. The van der Waals surface area contributed by atoms with Crippen LogP contribution in [0.3, 0.4) is 0 Å². The molecule has 2 N–H and O–H groups in total. The molecule has 0 atom stereocenters. The van der Waals surface area contributed by atoms with E-state index in [1.807, 2.05) is 12.1 Å². The Morgan fingerprint density at radius 1 is 1.35 bits per heavy atom. The summed E-state index contributed by atoms with van der Waals surface area (Å²) in [7, 11) is 0. The van der Waals surface area contributed by atoms with Gasteiger partial charge in [-0.05, 0) is 62.5 Å². The predicted molar refractivity (Wildman–Crippen MR) is 84.2 cm³/mol. The maximum Gasteiger partial charge on any atom is 0.0443 e. The molecule has 1 aromatic rings. The normalized spacial score (nSPS) is 16.8. The molecule has 0 spiro atoms. The van der Waals surface area contributed by atoms with E-state index in [1.165, 1.54) is 24.0 Å². The zero-order chi connectivity index (χ0) is 14.4. The molecule has 1 fully saturated rings. The maximum absolute atomic E-state index is 9.11. The van der Waals surface area contributed by atoms with Crippen LogP contribution in [0.1, 0.15) is 30.4 Å². The van der Waals surface area contributed by atoms with Crippen LogP contribution in [-0.4, -0.2) is 42.3 Å². The summed E-state index contributed by atoms with van der Waals surface area (Å²) in [6.07, 6.45) is 3.23. The fourth-order valence-corrected chi connectivity index (χ4v) is 3.12. The van der Waals surface area contributed by atoms with Crippen LogP contribution in [0.2, 0.25) is 5.02 Å². The Morgan fingerprint density at radius 3 is 2.75 bits per heavy atom. The van der Waals surface area contributed by atoms with Crippen LogP contribution in [0.25, 0.3) is 0 Å². The van der Waals surface area contributed by atoms with Gasteiger partial charge in [-0.1, -0.05) is 17.7 Å². The number of aliphatic hydroxyl groups excluding tert-OH is 1. The van der Waals surface area contributed by atoms with Crippen LogP contribution in [0.5, 0.6) is 0 Å². The lowest BCUT2D eigenvalue weighted by Crippen LogP contribution is -2.43. The molecule has 0 saturated carbocycles. The third kappa shape index (κ3) is 4.45. The van der Waals surface area contributed by atoms with Gasteiger partial charge in [0.25, 0.3) is 0 Å². The lowest BCUT2D eigenvalue weighted by molar-refractivity contribution is 0.139. The second-order valence-electron chi connectivity index (χ2n) is 5.60. The predicted octanol–water partition coefficient (Wildman–Crippen LogP) is 2.58. The smallest absolute Gasteiger partial charge is 0.0443 e. The number of aliphatic hydroxyl groups is 1. The monoisotopic (exact) mass is 296 g/mol. The molecule has 0 aromatic heterocycles. The van der Waals surface area contributed by atoms with E-state index in [2.05, 4.69) is 23.2 Å². The quantitative estimate of drug-likeness (QED) is 0.847. The number of benzene rings is 1. The summed E-state index contributed by atoms with van der Waals surface area (Å²) in [5.41, 5.74) is 2.59. The van der Waals surface area contributed by atoms with E-state index in [1.54, 1.807) is 0 Å². The van der Waals surface area contributed by atoms with Crippen molar-refractivity contribution in [2.75, 3.05) is 26.2 Å². The minimum Gasteiger partial charge on any atom is -0.396 e. The van der Waals surface area contributed by atoms with E-state index < -0.39 is 0 Å². The number of nitrogens with one attached hydrogen (secondary N) is 1. The molecule has 1 aliphatic rings. The molecular weight excluding hydrogens is 272 g/mol. The van der Waals surface area contributed by atoms with E-state index in [0.717, 1.165) is 37.6 Å². The highest BCUT2D eigenvalue weighted by Gasteiger charge is 2.21. The first-order valence-corrected chi connectivity index (χ1v) is 7.89. The first-order chi connectivity index (χ1) is 9.70. The molecule has 2 rings (SSSR count). The topological polar surface area (TPSA) is 35.5 Å². The molecule has 0 bridgehead atoms. The lowest BCUT2D eigenvalue weighted by atomic mass is 10.0. The fourth-order valence-electron chi connectivity index (χ4n) is 2.89. The van der Waals surface area contributed by atoms with E-state index in [9.17, 15) is 0 Å². The number of rotatable bonds is 6. The Kier molecular flexibility index (Phi) is 6.30. The highest BCUT2D eigenvalue weighted by Crippen LogP contribution is 2.20. The van der Waals surface area contributed by atoms with E-state index in [0.29, 0.717) is 6.04 Å². The number of nitrogens with zero attached hydrogens (tertiary/aromatic N) is 1. The Balaban J connectivity index is 2.05. The molecule has 1 saturated heterocycles. The second-order valence-corrected chi connectivity index (χ2v) is 6.04. The van der Waals surface area contributed by atoms with Crippen LogP contribution in [0.15, 0.2) is 18.2 Å². The molecule has 1 aromatic carbocycles. The summed E-state index contributed by atoms with van der Waals surface area (Å²) in [6, 6.07) is 6.75. The van der Waals surface area contributed by atoms with Crippen molar-refractivity contribution >= 4 is 11.6 Å². The van der Waals surface area contributed by atoms with Crippen LogP contribution in [0, 0.1) is 6.92 Å². The van der Waals surface area contributed by atoms with Gasteiger partial charge in [-0.25, -0.2) is 0 Å². The van der Waals surface area contributed by atoms with Gasteiger partial charge in [0.15, 0.2) is 0 Å². The van der Waals surface area contributed by atoms with Gasteiger partial charge >= 0.3 is 0 Å². The van der Waals surface area contributed by atoms with Crippen molar-refractivity contribution in [3.05, 3.63) is 34.3 Å². The standard InChI is InChI=1S/C16H25ClN2O/c1-13-11-15(17)4-3-14(13)12-19(9-2-10-20)16-5-7-18-8-6-16/h3-4,11,16,18,20H,2,5-10,12H2,1H3. The van der Waals surface area contributed by atoms with Gasteiger partial charge in [0, 0.05) is 30.8 Å². The molecule has 20 heavy (non-hydrogen) atoms. The highest BCUT2D eigenvalue weighted by molar-refractivity contribution is 6.30. The van der Waals surface area contributed by atoms with Gasteiger partial charge in [-0.2, -0.15) is 0 Å². The van der Waals surface area contributed by atoms with E-state index in [-0.39, 0.29) is 6.61 Å². The fraction of sp³-hybridized carbons (Fsp3) is 0.625. The van der Waals surface area contributed by atoms with E-state index in [4.69, 9.17) is 16.7 Å². The van der Waals surface area contributed by atoms with E-state index >= 15 is 0 Å². The van der Waals surface area contributed by atoms with Gasteiger partial charge < -0.3 is 10.4 Å². The number of hydrogen-bond acceptors (Lipinski definition) is 3. The Hall–Kier alpha value is -0.610. The minimum absolute atomic E-state index is 0.265. The molecule has 0 amide bonds. The molecular formula is C16H25ClN2O. The highest BCUT2D eigenvalue weighted by atomic mass is 35.5. The average molecular weight is 297 g/mol. The van der Waals surface area contributed by atoms with Gasteiger partial charge in [-0.3, -0.25) is 4.90 Å².